The van der Waals surface area contributed by atoms with Crippen LogP contribution in [0, 0.1) is 23.7 Å². The molecule has 0 bridgehead atoms. The summed E-state index contributed by atoms with van der Waals surface area (Å²) >= 11 is 0. The zero-order valence-electron chi connectivity index (χ0n) is 32.7. The van der Waals surface area contributed by atoms with E-state index in [1.54, 1.807) is 0 Å². The number of aromatic nitrogens is 6. The smallest absolute Gasteiger partial charge is 0.407 e. The van der Waals surface area contributed by atoms with E-state index in [1.165, 1.54) is 7.11 Å². The normalized spacial score (nSPS) is 24.7. The lowest BCUT2D eigenvalue weighted by molar-refractivity contribution is -0.137. The molecule has 4 fully saturated rings. The third-order valence-electron chi connectivity index (χ3n) is 12.4. The lowest BCUT2D eigenvalue weighted by Gasteiger charge is -2.31. The van der Waals surface area contributed by atoms with Crippen LogP contribution in [0.1, 0.15) is 77.1 Å². The first-order chi connectivity index (χ1) is 27.0. The number of H-pyrrole nitrogens is 2. The van der Waals surface area contributed by atoms with E-state index >= 15 is 0 Å². The Morgan fingerprint density at radius 1 is 0.804 bits per heavy atom. The number of nitrogens with zero attached hydrogens (tertiary/aromatic N) is 6. The number of methoxy groups -OCH3 is 1. The third kappa shape index (κ3) is 6.33. The Labute approximate surface area is 325 Å². The van der Waals surface area contributed by atoms with Gasteiger partial charge in [-0.2, -0.15) is 5.10 Å². The van der Waals surface area contributed by atoms with Gasteiger partial charge in [0, 0.05) is 35.6 Å². The van der Waals surface area contributed by atoms with Crippen molar-refractivity contribution < 1.29 is 19.1 Å². The number of benzene rings is 1. The van der Waals surface area contributed by atoms with Crippen molar-refractivity contribution in [2.24, 2.45) is 23.7 Å². The van der Waals surface area contributed by atoms with Gasteiger partial charge in [-0.15, -0.1) is 0 Å². The van der Waals surface area contributed by atoms with E-state index in [-0.39, 0.29) is 47.8 Å². The summed E-state index contributed by atoms with van der Waals surface area (Å²) in [7, 11) is 3.17. The number of fused-ring (bicyclic) bond motifs is 3. The van der Waals surface area contributed by atoms with Gasteiger partial charge >= 0.3 is 6.09 Å². The Morgan fingerprint density at radius 2 is 1.45 bits per heavy atom. The first-order valence-electron chi connectivity index (χ1n) is 19.9. The quantitative estimate of drug-likeness (QED) is 0.133. The molecule has 4 aromatic heterocycles. The highest BCUT2D eigenvalue weighted by atomic mass is 16.5. The van der Waals surface area contributed by atoms with Crippen molar-refractivity contribution in [1.29, 1.82) is 0 Å². The molecule has 2 saturated carbocycles. The van der Waals surface area contributed by atoms with Crippen LogP contribution >= 0.6 is 0 Å². The fraction of sp³-hybridized carbons (Fsp3) is 0.476. The lowest BCUT2D eigenvalue weighted by Crippen LogP contribution is -2.52. The van der Waals surface area contributed by atoms with Gasteiger partial charge in [-0.05, 0) is 80.2 Å². The van der Waals surface area contributed by atoms with E-state index in [4.69, 9.17) is 19.8 Å². The first kappa shape index (κ1) is 36.2. The highest BCUT2D eigenvalue weighted by molar-refractivity contribution is 5.87. The maximum atomic E-state index is 13.8. The van der Waals surface area contributed by atoms with Gasteiger partial charge < -0.3 is 35.1 Å². The molecule has 4 aliphatic rings. The van der Waals surface area contributed by atoms with Gasteiger partial charge in [-0.25, -0.2) is 19.3 Å². The van der Waals surface area contributed by atoms with Crippen LogP contribution in [-0.4, -0.2) is 95.6 Å². The number of pyridine rings is 1. The van der Waals surface area contributed by atoms with E-state index in [2.05, 4.69) is 75.7 Å². The molecule has 8 atom stereocenters. The summed E-state index contributed by atoms with van der Waals surface area (Å²) < 4.78 is 6.67. The number of carbonyl (C=O) groups is 3. The van der Waals surface area contributed by atoms with E-state index in [1.807, 2.05) is 55.0 Å². The molecule has 292 valence electrons. The number of aromatic amines is 2. The number of nitrogens with one attached hydrogen (secondary N) is 4. The van der Waals surface area contributed by atoms with Crippen molar-refractivity contribution in [2.75, 3.05) is 14.2 Å². The second-order valence-electron chi connectivity index (χ2n) is 16.7. The molecule has 9 rings (SSSR count). The molecule has 1 aromatic carbocycles. The topological polar surface area (TPSA) is 166 Å². The Kier molecular flexibility index (Phi) is 8.98. The maximum absolute atomic E-state index is 13.8. The Hall–Kier alpha value is -5.50. The van der Waals surface area contributed by atoms with Crippen LogP contribution in [0.3, 0.4) is 0 Å². The van der Waals surface area contributed by atoms with Crippen molar-refractivity contribution >= 4 is 23.4 Å². The average Bonchev–Trinajstić information content (AvgIpc) is 3.69. The molecular formula is C42H50N10O4. The molecule has 6 heterocycles. The van der Waals surface area contributed by atoms with Crippen molar-refractivity contribution in [2.45, 2.75) is 89.6 Å². The van der Waals surface area contributed by atoms with Gasteiger partial charge in [-0.3, -0.25) is 9.59 Å². The van der Waals surface area contributed by atoms with E-state index in [0.717, 1.165) is 76.6 Å². The minimum Gasteiger partial charge on any atom is -0.453 e. The molecule has 2 aliphatic carbocycles. The van der Waals surface area contributed by atoms with Gasteiger partial charge in [-0.1, -0.05) is 52.0 Å². The lowest BCUT2D eigenvalue weighted by atomic mass is 10.0. The number of likely N-dealkylation sites (tertiary alicyclic amines) is 2. The van der Waals surface area contributed by atoms with Crippen molar-refractivity contribution in [3.05, 3.63) is 72.7 Å². The standard InChI is InChI=1S/C42H50N10O4/c1-21(2)36(43-5)40(53)51-32-14-26(32)16-34(51)38-44-19-30(46-38)24-9-7-23(8-10-24)29-18-28-13-25(11-12-50(28)49-29)31-20-45-39(47-31)35-17-27-15-33(27)52(35)41(54)37(22(3)4)48-42(55)56-6/h7-13,18-22,26-27,32-37,43H,14-17H2,1-6H3,(H,44,46)(H,45,47)(H,48,55)/t26?,27?,32-,33?,34+,35+,36?,37?/m1/s1. The molecular weight excluding hydrogens is 709 g/mol. The molecule has 2 aliphatic heterocycles. The van der Waals surface area contributed by atoms with Crippen LogP contribution in [-0.2, 0) is 14.3 Å². The number of piperidine rings is 2. The molecule has 14 nitrogen and oxygen atoms in total. The number of hydrogen-bond donors (Lipinski definition) is 4. The van der Waals surface area contributed by atoms with Gasteiger partial charge in [0.25, 0.3) is 0 Å². The third-order valence-corrected chi connectivity index (χ3v) is 12.4. The predicted octanol–water partition coefficient (Wildman–Crippen LogP) is 5.73. The molecule has 14 heteroatoms. The number of alkyl carbamates (subject to hydrolysis) is 1. The molecule has 4 N–H and O–H groups in total. The summed E-state index contributed by atoms with van der Waals surface area (Å²) in [6.45, 7) is 8.01. The van der Waals surface area contributed by atoms with Gasteiger partial charge in [0.1, 0.15) is 17.7 Å². The number of ether oxygens (including phenoxy) is 1. The van der Waals surface area contributed by atoms with E-state index < -0.39 is 12.1 Å². The van der Waals surface area contributed by atoms with Crippen LogP contribution in [0.4, 0.5) is 4.79 Å². The van der Waals surface area contributed by atoms with Crippen LogP contribution in [0.25, 0.3) is 39.3 Å². The first-order valence-corrected chi connectivity index (χ1v) is 19.9. The fourth-order valence-electron chi connectivity index (χ4n) is 9.22. The monoisotopic (exact) mass is 758 g/mol. The summed E-state index contributed by atoms with van der Waals surface area (Å²) in [5.74, 6) is 2.79. The summed E-state index contributed by atoms with van der Waals surface area (Å²) in [4.78, 5) is 60.1. The molecule has 2 saturated heterocycles. The summed E-state index contributed by atoms with van der Waals surface area (Å²) in [6, 6.07) is 13.8. The Bertz CT molecular complexity index is 2290. The van der Waals surface area contributed by atoms with Gasteiger partial charge in [0.2, 0.25) is 11.8 Å². The van der Waals surface area contributed by atoms with Crippen LogP contribution in [0.15, 0.2) is 61.1 Å². The number of imidazole rings is 2. The number of rotatable bonds is 11. The largest absolute Gasteiger partial charge is 0.453 e. The second kappa shape index (κ2) is 13.9. The zero-order chi connectivity index (χ0) is 39.0. The highest BCUT2D eigenvalue weighted by Gasteiger charge is 2.57. The van der Waals surface area contributed by atoms with E-state index in [0.29, 0.717) is 17.9 Å². The summed E-state index contributed by atoms with van der Waals surface area (Å²) in [5, 5.41) is 10.8. The molecule has 5 unspecified atom stereocenters. The average molecular weight is 759 g/mol. The number of hydrogen-bond acceptors (Lipinski definition) is 8. The second-order valence-corrected chi connectivity index (χ2v) is 16.7. The minimum absolute atomic E-state index is 0.0312. The zero-order valence-corrected chi connectivity index (χ0v) is 32.7. The number of carbonyl (C=O) groups excluding carboxylic acids is 3. The summed E-state index contributed by atoms with van der Waals surface area (Å²) in [5.41, 5.74) is 6.45. The molecule has 0 radical (unpaired) electrons. The SMILES string of the molecule is CNC(C(=O)N1[C@@H]2CC2C[C@H]1c1ncc(-c2ccc(-c3cc4cc(-c5c[nH]c([C@@H]6CC7CC7N6C(=O)C(NC(=O)OC)C(C)C)n5)ccn4n3)cc2)[nH]1)C(C)C. The molecule has 0 spiro atoms. The fourth-order valence-corrected chi connectivity index (χ4v) is 9.22. The number of likely N-dealkylation sites (N-methyl/N-ethyl adjacent to an activating group) is 1. The minimum atomic E-state index is -0.676. The maximum Gasteiger partial charge on any atom is 0.407 e. The predicted molar refractivity (Wildman–Crippen MR) is 210 cm³/mol. The van der Waals surface area contributed by atoms with Crippen LogP contribution < -0.4 is 10.6 Å². The molecule has 3 amide bonds. The number of amides is 3. The van der Waals surface area contributed by atoms with Gasteiger partial charge in [0.15, 0.2) is 0 Å². The van der Waals surface area contributed by atoms with Crippen LogP contribution in [0.2, 0.25) is 0 Å². The van der Waals surface area contributed by atoms with E-state index in [9.17, 15) is 14.4 Å². The van der Waals surface area contributed by atoms with Crippen molar-refractivity contribution in [3.8, 4) is 33.8 Å². The molecule has 5 aromatic rings. The highest BCUT2D eigenvalue weighted by Crippen LogP contribution is 2.54. The van der Waals surface area contributed by atoms with Gasteiger partial charge in [0.05, 0.1) is 54.0 Å². The van der Waals surface area contributed by atoms with Crippen molar-refractivity contribution in [3.63, 3.8) is 0 Å². The Balaban J connectivity index is 0.897. The Morgan fingerprint density at radius 3 is 2.09 bits per heavy atom. The van der Waals surface area contributed by atoms with Crippen molar-refractivity contribution in [1.82, 2.24) is 50.0 Å². The summed E-state index contributed by atoms with van der Waals surface area (Å²) in [6.07, 6.45) is 8.95. The van der Waals surface area contributed by atoms with Crippen LogP contribution in [0.5, 0.6) is 0 Å². The molecule has 56 heavy (non-hydrogen) atoms.